The topological polar surface area (TPSA) is 18.5 Å². The third kappa shape index (κ3) is 1.45. The molecule has 1 aromatic carbocycles. The summed E-state index contributed by atoms with van der Waals surface area (Å²) in [7, 11) is 0. The average Bonchev–Trinajstić information content (AvgIpc) is 2.04. The molecule has 0 aliphatic carbocycles. The van der Waals surface area contributed by atoms with Crippen LogP contribution in [-0.2, 0) is 0 Å². The zero-order valence-electron chi connectivity index (χ0n) is 5.96. The molecule has 0 fully saturated rings. The first kappa shape index (κ1) is 7.28. The van der Waals surface area contributed by atoms with Gasteiger partial charge in [-0.2, -0.15) is 0 Å². The van der Waals surface area contributed by atoms with E-state index in [1.807, 2.05) is 12.1 Å². The van der Waals surface area contributed by atoms with Crippen LogP contribution < -0.4 is 13.1 Å². The first-order chi connectivity index (χ1) is 5.36. The van der Waals surface area contributed by atoms with Crippen molar-refractivity contribution in [2.24, 2.45) is 0 Å². The molecule has 1 heterocycles. The fourth-order valence-corrected chi connectivity index (χ4v) is 1.66. The van der Waals surface area contributed by atoms with Crippen LogP contribution in [-0.4, -0.2) is 35.7 Å². The Morgan fingerprint density at radius 1 is 1.09 bits per heavy atom. The van der Waals surface area contributed by atoms with Gasteiger partial charge >= 0.3 is 78.5 Å². The van der Waals surface area contributed by atoms with Gasteiger partial charge in [-0.3, -0.25) is 0 Å². The van der Waals surface area contributed by atoms with Gasteiger partial charge in [-0.25, -0.2) is 0 Å². The monoisotopic (exact) mass is 255 g/mol. The van der Waals surface area contributed by atoms with Gasteiger partial charge in [0.15, 0.2) is 0 Å². The molecular formula is C8H7O2Sn. The second-order valence-corrected chi connectivity index (χ2v) is 4.01. The van der Waals surface area contributed by atoms with Crippen molar-refractivity contribution in [3.05, 3.63) is 18.2 Å². The molecule has 3 heteroatoms. The predicted octanol–water partition coefficient (Wildman–Crippen LogP) is 0.252. The molecule has 55 valence electrons. The van der Waals surface area contributed by atoms with Crippen LogP contribution in [0.1, 0.15) is 0 Å². The van der Waals surface area contributed by atoms with Crippen molar-refractivity contribution in [3.63, 3.8) is 0 Å². The van der Waals surface area contributed by atoms with Crippen molar-refractivity contribution in [1.29, 1.82) is 0 Å². The number of fused-ring (bicyclic) bond motifs is 1. The van der Waals surface area contributed by atoms with Crippen LogP contribution in [0, 0.1) is 0 Å². The van der Waals surface area contributed by atoms with Crippen LogP contribution in [0.3, 0.4) is 0 Å². The van der Waals surface area contributed by atoms with E-state index in [0.29, 0.717) is 13.2 Å². The summed E-state index contributed by atoms with van der Waals surface area (Å²) in [6, 6.07) is 6.07. The minimum absolute atomic E-state index is 0.670. The molecule has 0 saturated carbocycles. The summed E-state index contributed by atoms with van der Waals surface area (Å²) in [4.78, 5) is 0. The van der Waals surface area contributed by atoms with Crippen molar-refractivity contribution in [1.82, 2.24) is 0 Å². The van der Waals surface area contributed by atoms with Gasteiger partial charge in [-0.05, 0) is 0 Å². The fraction of sp³-hybridized carbons (Fsp3) is 0.250. The Kier molecular flexibility index (Phi) is 1.94. The fourth-order valence-electron chi connectivity index (χ4n) is 1.04. The second kappa shape index (κ2) is 2.93. The van der Waals surface area contributed by atoms with Crippen LogP contribution in [0.25, 0.3) is 0 Å². The van der Waals surface area contributed by atoms with Crippen LogP contribution in [0.15, 0.2) is 18.2 Å². The van der Waals surface area contributed by atoms with E-state index in [1.54, 1.807) is 0 Å². The van der Waals surface area contributed by atoms with Crippen molar-refractivity contribution in [2.45, 2.75) is 0 Å². The molecule has 0 N–H and O–H groups in total. The second-order valence-electron chi connectivity index (χ2n) is 2.36. The molecule has 0 bridgehead atoms. The van der Waals surface area contributed by atoms with Crippen LogP contribution >= 0.6 is 0 Å². The molecule has 0 unspecified atom stereocenters. The maximum atomic E-state index is 5.39. The SMILES string of the molecule is [Sn][c]1ccc2c(c1)OCCO2. The Hall–Kier alpha value is -0.381. The summed E-state index contributed by atoms with van der Waals surface area (Å²) in [6.45, 7) is 1.34. The van der Waals surface area contributed by atoms with E-state index < -0.39 is 0 Å². The van der Waals surface area contributed by atoms with Crippen LogP contribution in [0.4, 0.5) is 0 Å². The summed E-state index contributed by atoms with van der Waals surface area (Å²) in [5, 5.41) is 0. The van der Waals surface area contributed by atoms with E-state index in [-0.39, 0.29) is 0 Å². The third-order valence-electron chi connectivity index (χ3n) is 1.54. The molecule has 0 aromatic heterocycles. The quantitative estimate of drug-likeness (QED) is 0.618. The molecular weight excluding hydrogens is 247 g/mol. The van der Waals surface area contributed by atoms with Crippen molar-refractivity contribution < 1.29 is 9.47 Å². The first-order valence-electron chi connectivity index (χ1n) is 3.47. The van der Waals surface area contributed by atoms with Gasteiger partial charge in [0, 0.05) is 0 Å². The molecule has 0 amide bonds. The Bertz CT molecular complexity index is 273. The summed E-state index contributed by atoms with van der Waals surface area (Å²) >= 11 is 1.41. The van der Waals surface area contributed by atoms with Gasteiger partial charge in [0.2, 0.25) is 0 Å². The zero-order valence-corrected chi connectivity index (χ0v) is 8.82. The van der Waals surface area contributed by atoms with E-state index in [1.165, 1.54) is 26.1 Å². The van der Waals surface area contributed by atoms with Gasteiger partial charge in [-0.15, -0.1) is 0 Å². The molecule has 0 atom stereocenters. The Morgan fingerprint density at radius 2 is 1.82 bits per heavy atom. The average molecular weight is 254 g/mol. The summed E-state index contributed by atoms with van der Waals surface area (Å²) in [5.41, 5.74) is 0. The molecule has 1 aliphatic heterocycles. The zero-order chi connectivity index (χ0) is 7.68. The molecule has 11 heavy (non-hydrogen) atoms. The van der Waals surface area contributed by atoms with Crippen LogP contribution in [0.5, 0.6) is 11.5 Å². The molecule has 0 spiro atoms. The number of hydrogen-bond acceptors (Lipinski definition) is 2. The van der Waals surface area contributed by atoms with E-state index in [4.69, 9.17) is 9.47 Å². The number of rotatable bonds is 0. The van der Waals surface area contributed by atoms with Crippen molar-refractivity contribution >= 4 is 26.1 Å². The number of hydrogen-bond donors (Lipinski definition) is 0. The predicted molar refractivity (Wildman–Crippen MR) is 42.8 cm³/mol. The van der Waals surface area contributed by atoms with Gasteiger partial charge < -0.3 is 0 Å². The Balaban J connectivity index is 2.43. The maximum absolute atomic E-state index is 5.39. The Morgan fingerprint density at radius 3 is 2.64 bits per heavy atom. The van der Waals surface area contributed by atoms with Crippen LogP contribution in [0.2, 0.25) is 0 Å². The summed E-state index contributed by atoms with van der Waals surface area (Å²) in [5.74, 6) is 1.77. The molecule has 1 aromatic rings. The minimum atomic E-state index is 0.670. The van der Waals surface area contributed by atoms with Gasteiger partial charge in [0.05, 0.1) is 0 Å². The Labute approximate surface area is 78.6 Å². The molecule has 2 rings (SSSR count). The summed E-state index contributed by atoms with van der Waals surface area (Å²) < 4.78 is 12.1. The van der Waals surface area contributed by atoms with E-state index in [9.17, 15) is 0 Å². The third-order valence-corrected chi connectivity index (χ3v) is 2.43. The van der Waals surface area contributed by atoms with E-state index >= 15 is 0 Å². The van der Waals surface area contributed by atoms with Gasteiger partial charge in [0.1, 0.15) is 0 Å². The number of ether oxygens (including phenoxy) is 2. The van der Waals surface area contributed by atoms with Crippen molar-refractivity contribution in [3.8, 4) is 11.5 Å². The normalized spacial score (nSPS) is 14.6. The van der Waals surface area contributed by atoms with Crippen molar-refractivity contribution in [2.75, 3.05) is 13.2 Å². The van der Waals surface area contributed by atoms with E-state index in [2.05, 4.69) is 6.07 Å². The van der Waals surface area contributed by atoms with E-state index in [0.717, 1.165) is 11.5 Å². The molecule has 0 saturated heterocycles. The van der Waals surface area contributed by atoms with Gasteiger partial charge in [-0.1, -0.05) is 0 Å². The first-order valence-corrected chi connectivity index (χ1v) is 4.90. The summed E-state index contributed by atoms with van der Waals surface area (Å²) in [6.07, 6.45) is 0. The standard InChI is InChI=1S/C8H7O2.Sn/c1-2-4-8-7(3-1)9-5-6-10-8;/h1,3-4H,5-6H2;. The van der Waals surface area contributed by atoms with Gasteiger partial charge in [0.25, 0.3) is 0 Å². The number of benzene rings is 1. The molecule has 2 nitrogen and oxygen atoms in total. The molecule has 3 radical (unpaired) electrons. The molecule has 1 aliphatic rings.